The van der Waals surface area contributed by atoms with Crippen molar-refractivity contribution in [3.8, 4) is 17.5 Å². The van der Waals surface area contributed by atoms with E-state index in [1.165, 1.54) is 11.6 Å². The number of hydrogen-bond acceptors (Lipinski definition) is 4. The predicted octanol–water partition coefficient (Wildman–Crippen LogP) is 3.06. The Morgan fingerprint density at radius 2 is 1.75 bits per heavy atom. The minimum absolute atomic E-state index is 0.275. The van der Waals surface area contributed by atoms with Gasteiger partial charge < -0.3 is 5.73 Å². The van der Waals surface area contributed by atoms with Crippen LogP contribution in [0, 0.1) is 18.3 Å². The molecule has 2 N–H and O–H groups in total. The van der Waals surface area contributed by atoms with Gasteiger partial charge in [-0.25, -0.2) is 9.97 Å². The molecule has 1 heterocycles. The second kappa shape index (κ2) is 4.63. The highest BCUT2D eigenvalue weighted by Crippen LogP contribution is 2.23. The monoisotopic (exact) mass is 260 g/mol. The summed E-state index contributed by atoms with van der Waals surface area (Å²) >= 11 is 0. The van der Waals surface area contributed by atoms with Gasteiger partial charge in [-0.15, -0.1) is 0 Å². The molecule has 96 valence electrons. The van der Waals surface area contributed by atoms with Crippen molar-refractivity contribution in [3.63, 3.8) is 0 Å². The molecule has 4 nitrogen and oxygen atoms in total. The number of anilines is 1. The summed E-state index contributed by atoms with van der Waals surface area (Å²) in [7, 11) is 0. The lowest BCUT2D eigenvalue weighted by atomic mass is 10.0. The molecule has 0 saturated heterocycles. The first kappa shape index (κ1) is 12.1. The Hall–Kier alpha value is -2.93. The van der Waals surface area contributed by atoms with E-state index in [9.17, 15) is 0 Å². The van der Waals surface area contributed by atoms with E-state index in [1.807, 2.05) is 24.3 Å². The number of aryl methyl sites for hydroxylation is 1. The normalized spacial score (nSPS) is 10.4. The van der Waals surface area contributed by atoms with Gasteiger partial charge in [0.05, 0.1) is 0 Å². The van der Waals surface area contributed by atoms with Crippen molar-refractivity contribution in [2.75, 3.05) is 5.73 Å². The number of nitrogen functional groups attached to an aromatic ring is 1. The van der Waals surface area contributed by atoms with Crippen LogP contribution in [0.3, 0.4) is 0 Å². The second-order valence-electron chi connectivity index (χ2n) is 4.68. The molecular formula is C16H12N4. The molecule has 4 heteroatoms. The van der Waals surface area contributed by atoms with E-state index >= 15 is 0 Å². The predicted molar refractivity (Wildman–Crippen MR) is 78.8 cm³/mol. The van der Waals surface area contributed by atoms with Crippen LogP contribution in [-0.2, 0) is 0 Å². The lowest BCUT2D eigenvalue weighted by Crippen LogP contribution is -1.98. The topological polar surface area (TPSA) is 75.6 Å². The molecule has 0 bridgehead atoms. The maximum Gasteiger partial charge on any atom is 0.162 e. The number of aromatic nitrogens is 2. The quantitative estimate of drug-likeness (QED) is 0.729. The third-order valence-electron chi connectivity index (χ3n) is 3.11. The van der Waals surface area contributed by atoms with Crippen LogP contribution in [0.5, 0.6) is 0 Å². The van der Waals surface area contributed by atoms with Gasteiger partial charge in [-0.1, -0.05) is 35.9 Å². The molecule has 2 aromatic carbocycles. The van der Waals surface area contributed by atoms with E-state index in [2.05, 4.69) is 35.1 Å². The fourth-order valence-electron chi connectivity index (χ4n) is 2.16. The highest BCUT2D eigenvalue weighted by atomic mass is 14.9. The largest absolute Gasteiger partial charge is 0.384 e. The fourth-order valence-corrected chi connectivity index (χ4v) is 2.16. The molecule has 0 saturated carbocycles. The summed E-state index contributed by atoms with van der Waals surface area (Å²) in [6.45, 7) is 2.06. The van der Waals surface area contributed by atoms with Crippen LogP contribution in [0.1, 0.15) is 11.3 Å². The van der Waals surface area contributed by atoms with E-state index in [0.717, 1.165) is 16.3 Å². The standard InChI is InChI=1S/C16H12N4/c1-10-2-3-12-7-13(5-4-11(12)6-10)16-19-14(9-17)8-15(18)20-16/h2-8H,1H3,(H2,18,19,20). The van der Waals surface area contributed by atoms with Crippen LogP contribution in [0.4, 0.5) is 5.82 Å². The molecule has 0 radical (unpaired) electrons. The summed E-state index contributed by atoms with van der Waals surface area (Å²) < 4.78 is 0. The first-order valence-corrected chi connectivity index (χ1v) is 6.21. The average Bonchev–Trinajstić information content (AvgIpc) is 2.46. The minimum atomic E-state index is 0.275. The van der Waals surface area contributed by atoms with E-state index in [-0.39, 0.29) is 5.69 Å². The first-order chi connectivity index (χ1) is 9.65. The maximum atomic E-state index is 8.94. The third kappa shape index (κ3) is 2.17. The Kier molecular flexibility index (Phi) is 2.81. The lowest BCUT2D eigenvalue weighted by molar-refractivity contribution is 1.16. The Morgan fingerprint density at radius 1 is 1.00 bits per heavy atom. The van der Waals surface area contributed by atoms with Crippen molar-refractivity contribution in [2.45, 2.75) is 6.92 Å². The van der Waals surface area contributed by atoms with E-state index in [0.29, 0.717) is 11.6 Å². The van der Waals surface area contributed by atoms with Crippen molar-refractivity contribution in [1.29, 1.82) is 5.26 Å². The molecule has 0 unspecified atom stereocenters. The number of hydrogen-bond donors (Lipinski definition) is 1. The van der Waals surface area contributed by atoms with Crippen molar-refractivity contribution in [2.24, 2.45) is 0 Å². The molecule has 0 amide bonds. The lowest BCUT2D eigenvalue weighted by Gasteiger charge is -2.05. The summed E-state index contributed by atoms with van der Waals surface area (Å²) in [6, 6.07) is 15.7. The second-order valence-corrected chi connectivity index (χ2v) is 4.68. The van der Waals surface area contributed by atoms with Crippen LogP contribution >= 0.6 is 0 Å². The first-order valence-electron chi connectivity index (χ1n) is 6.21. The number of fused-ring (bicyclic) bond motifs is 1. The summed E-state index contributed by atoms with van der Waals surface area (Å²) in [4.78, 5) is 8.39. The van der Waals surface area contributed by atoms with E-state index in [4.69, 9.17) is 11.0 Å². The summed E-state index contributed by atoms with van der Waals surface area (Å²) in [5.41, 5.74) is 8.05. The molecule has 0 atom stereocenters. The van der Waals surface area contributed by atoms with Crippen molar-refractivity contribution >= 4 is 16.6 Å². The van der Waals surface area contributed by atoms with Crippen LogP contribution < -0.4 is 5.73 Å². The van der Waals surface area contributed by atoms with Gasteiger partial charge in [-0.3, -0.25) is 0 Å². The zero-order valence-corrected chi connectivity index (χ0v) is 11.0. The van der Waals surface area contributed by atoms with Gasteiger partial charge >= 0.3 is 0 Å². The van der Waals surface area contributed by atoms with E-state index in [1.54, 1.807) is 0 Å². The highest BCUT2D eigenvalue weighted by molar-refractivity contribution is 5.87. The smallest absolute Gasteiger partial charge is 0.162 e. The summed E-state index contributed by atoms with van der Waals surface area (Å²) in [6.07, 6.45) is 0. The zero-order chi connectivity index (χ0) is 14.1. The molecule has 1 aromatic heterocycles. The number of nitriles is 1. The number of rotatable bonds is 1. The van der Waals surface area contributed by atoms with Crippen molar-refractivity contribution in [1.82, 2.24) is 9.97 Å². The van der Waals surface area contributed by atoms with Gasteiger partial charge in [-0.2, -0.15) is 5.26 Å². The molecular weight excluding hydrogens is 248 g/mol. The third-order valence-corrected chi connectivity index (χ3v) is 3.11. The van der Waals surface area contributed by atoms with Crippen molar-refractivity contribution in [3.05, 3.63) is 53.7 Å². The molecule has 0 fully saturated rings. The fraction of sp³-hybridized carbons (Fsp3) is 0.0625. The molecule has 3 aromatic rings. The van der Waals surface area contributed by atoms with Gasteiger partial charge in [0.2, 0.25) is 0 Å². The molecule has 0 aliphatic heterocycles. The maximum absolute atomic E-state index is 8.94. The zero-order valence-electron chi connectivity index (χ0n) is 11.0. The molecule has 0 aliphatic rings. The minimum Gasteiger partial charge on any atom is -0.384 e. The SMILES string of the molecule is Cc1ccc2cc(-c3nc(N)cc(C#N)n3)ccc2c1. The summed E-state index contributed by atoms with van der Waals surface area (Å²) in [5, 5.41) is 11.2. The van der Waals surface area contributed by atoms with Crippen molar-refractivity contribution < 1.29 is 0 Å². The Balaban J connectivity index is 2.17. The van der Waals surface area contributed by atoms with Gasteiger partial charge in [0.25, 0.3) is 0 Å². The summed E-state index contributed by atoms with van der Waals surface area (Å²) in [5.74, 6) is 0.777. The number of benzene rings is 2. The average molecular weight is 260 g/mol. The van der Waals surface area contributed by atoms with E-state index < -0.39 is 0 Å². The number of nitrogens with two attached hydrogens (primary N) is 1. The van der Waals surface area contributed by atoms with Crippen LogP contribution in [-0.4, -0.2) is 9.97 Å². The van der Waals surface area contributed by atoms with Gasteiger partial charge in [0, 0.05) is 11.6 Å². The number of nitrogens with zero attached hydrogens (tertiary/aromatic N) is 3. The molecule has 0 spiro atoms. The molecule has 20 heavy (non-hydrogen) atoms. The molecule has 0 aliphatic carbocycles. The Labute approximate surface area is 116 Å². The molecule has 3 rings (SSSR count). The Morgan fingerprint density at radius 3 is 2.55 bits per heavy atom. The highest BCUT2D eigenvalue weighted by Gasteiger charge is 2.06. The van der Waals surface area contributed by atoms with Gasteiger partial charge in [0.1, 0.15) is 17.6 Å². The van der Waals surface area contributed by atoms with Crippen LogP contribution in [0.25, 0.3) is 22.2 Å². The van der Waals surface area contributed by atoms with Crippen LogP contribution in [0.15, 0.2) is 42.5 Å². The van der Waals surface area contributed by atoms with Gasteiger partial charge in [-0.05, 0) is 23.8 Å². The Bertz CT molecular complexity index is 847. The van der Waals surface area contributed by atoms with Crippen LogP contribution in [0.2, 0.25) is 0 Å². The van der Waals surface area contributed by atoms with Gasteiger partial charge in [0.15, 0.2) is 5.82 Å².